The maximum absolute atomic E-state index is 13.2. The summed E-state index contributed by atoms with van der Waals surface area (Å²) in [6.45, 7) is -3.40. The van der Waals surface area contributed by atoms with Gasteiger partial charge in [0, 0.05) is 18.8 Å². The van der Waals surface area contributed by atoms with Crippen molar-refractivity contribution in [2.75, 3.05) is 23.5 Å². The summed E-state index contributed by atoms with van der Waals surface area (Å²) in [5, 5.41) is 9.54. The van der Waals surface area contributed by atoms with E-state index in [-0.39, 0.29) is 44.9 Å². The van der Waals surface area contributed by atoms with Crippen molar-refractivity contribution in [1.82, 2.24) is 4.98 Å². The van der Waals surface area contributed by atoms with E-state index in [1.807, 2.05) is 5.48 Å². The Kier molecular flexibility index (Phi) is 8.76. The minimum absolute atomic E-state index is 0.00539. The Labute approximate surface area is 248 Å². The summed E-state index contributed by atoms with van der Waals surface area (Å²) in [4.78, 5) is 43.3. The van der Waals surface area contributed by atoms with E-state index >= 15 is 0 Å². The molecule has 1 saturated carbocycles. The molecule has 5 rings (SSSR count). The second-order valence-corrected chi connectivity index (χ2v) is 10.5. The van der Waals surface area contributed by atoms with Crippen molar-refractivity contribution in [2.45, 2.75) is 32.0 Å². The van der Waals surface area contributed by atoms with Crippen LogP contribution in [0.3, 0.4) is 0 Å². The molecule has 0 bridgehead atoms. The number of carbonyl (C=O) groups is 3. The van der Waals surface area contributed by atoms with Crippen LogP contribution in [-0.2, 0) is 20.7 Å². The summed E-state index contributed by atoms with van der Waals surface area (Å²) < 4.78 is 42.3. The van der Waals surface area contributed by atoms with E-state index in [1.54, 1.807) is 0 Å². The van der Waals surface area contributed by atoms with E-state index < -0.39 is 36.9 Å². The van der Waals surface area contributed by atoms with Crippen LogP contribution >= 0.6 is 23.2 Å². The molecule has 1 fully saturated rings. The first-order valence-electron chi connectivity index (χ1n) is 12.7. The molecule has 220 valence electrons. The van der Waals surface area contributed by atoms with Gasteiger partial charge in [-0.2, -0.15) is 8.78 Å². The molecule has 2 aliphatic rings. The molecule has 1 atom stereocenters. The number of nitrogens with zero attached hydrogens (tertiary/aromatic N) is 2. The first-order valence-corrected chi connectivity index (χ1v) is 13.5. The monoisotopic (exact) mass is 621 g/mol. The largest absolute Gasteiger partial charge is 0.489 e. The van der Waals surface area contributed by atoms with Crippen molar-refractivity contribution in [1.29, 1.82) is 0 Å². The predicted octanol–water partition coefficient (Wildman–Crippen LogP) is 5.64. The molecule has 0 saturated heterocycles. The molecular weight excluding hydrogens is 599 g/mol. The first-order chi connectivity index (χ1) is 20.1. The molecule has 0 radical (unpaired) electrons. The maximum atomic E-state index is 13.2. The number of ether oxygens (including phenoxy) is 3. The fraction of sp³-hybridized carbons (Fsp3) is 0.286. The third-order valence-corrected chi connectivity index (χ3v) is 7.38. The summed E-state index contributed by atoms with van der Waals surface area (Å²) >= 11 is 12.7. The highest BCUT2D eigenvalue weighted by Crippen LogP contribution is 2.38. The molecule has 1 amide bonds. The zero-order valence-electron chi connectivity index (χ0n) is 21.7. The van der Waals surface area contributed by atoms with Crippen LogP contribution in [0.2, 0.25) is 10.0 Å². The van der Waals surface area contributed by atoms with Crippen LogP contribution < -0.4 is 19.9 Å². The molecule has 1 aliphatic heterocycles. The third kappa shape index (κ3) is 6.56. The van der Waals surface area contributed by atoms with Gasteiger partial charge in [0.05, 0.1) is 33.6 Å². The summed E-state index contributed by atoms with van der Waals surface area (Å²) in [6, 6.07) is 8.26. The molecule has 42 heavy (non-hydrogen) atoms. The number of carbonyl (C=O) groups excluding carboxylic acids is 3. The van der Waals surface area contributed by atoms with Crippen molar-refractivity contribution in [3.8, 4) is 11.5 Å². The van der Waals surface area contributed by atoms with Crippen molar-refractivity contribution in [2.24, 2.45) is 5.92 Å². The number of hydrogen-bond acceptors (Lipinski definition) is 9. The van der Waals surface area contributed by atoms with Crippen LogP contribution in [0.5, 0.6) is 11.5 Å². The quantitative estimate of drug-likeness (QED) is 0.150. The molecule has 2 N–H and O–H groups in total. The fourth-order valence-corrected chi connectivity index (χ4v) is 4.94. The zero-order chi connectivity index (χ0) is 30.0. The van der Waals surface area contributed by atoms with Gasteiger partial charge in [0.15, 0.2) is 11.5 Å². The van der Waals surface area contributed by atoms with Gasteiger partial charge in [0.1, 0.15) is 12.6 Å². The van der Waals surface area contributed by atoms with Crippen LogP contribution in [-0.4, -0.2) is 47.6 Å². The van der Waals surface area contributed by atoms with Gasteiger partial charge in [-0.3, -0.25) is 35.0 Å². The molecule has 14 heteroatoms. The number of alkyl halides is 2. The van der Waals surface area contributed by atoms with Gasteiger partial charge in [0.2, 0.25) is 0 Å². The maximum Gasteiger partial charge on any atom is 0.387 e. The number of ketones is 1. The number of Topliss-reactive ketones (excluding diaryl/α,β-unsaturated/α-hetero) is 1. The highest BCUT2D eigenvalue weighted by Gasteiger charge is 2.38. The minimum atomic E-state index is -3.09. The van der Waals surface area contributed by atoms with Crippen molar-refractivity contribution in [3.63, 3.8) is 0 Å². The van der Waals surface area contributed by atoms with Crippen LogP contribution in [0, 0.1) is 5.92 Å². The lowest BCUT2D eigenvalue weighted by atomic mass is 10.0. The molecule has 10 nitrogen and oxygen atoms in total. The van der Waals surface area contributed by atoms with Gasteiger partial charge in [-0.1, -0.05) is 29.3 Å². The lowest BCUT2D eigenvalue weighted by Crippen LogP contribution is -2.36. The molecule has 0 unspecified atom stereocenters. The minimum Gasteiger partial charge on any atom is -0.489 e. The fourth-order valence-electron chi connectivity index (χ4n) is 4.42. The Hall–Kier alpha value is -4.00. The standard InChI is InChI=1S/C28H23Cl2F2N3O7/c29-19-10-33-11-20(30)17(19)9-23(15-3-6-22(42-28(31)32)24(7-15)40-13-14-1-2-14)41-25(36)12-35-21-5-4-16(34-39)8-18(21)26(37)27(35)38/h3-8,10-11,14,23,28,34,39H,1-2,9,12-13H2/t23-/m0/s1. The lowest BCUT2D eigenvalue weighted by molar-refractivity contribution is -0.148. The van der Waals surface area contributed by atoms with Crippen LogP contribution in [0.1, 0.15) is 40.4 Å². The van der Waals surface area contributed by atoms with Gasteiger partial charge in [0.25, 0.3) is 11.7 Å². The number of pyridine rings is 1. The summed E-state index contributed by atoms with van der Waals surface area (Å²) in [5.41, 5.74) is 3.01. The smallest absolute Gasteiger partial charge is 0.387 e. The van der Waals surface area contributed by atoms with Crippen LogP contribution in [0.25, 0.3) is 0 Å². The second-order valence-electron chi connectivity index (χ2n) is 9.67. The number of benzene rings is 2. The van der Waals surface area contributed by atoms with Gasteiger partial charge < -0.3 is 14.2 Å². The van der Waals surface area contributed by atoms with E-state index in [1.165, 1.54) is 48.8 Å². The highest BCUT2D eigenvalue weighted by atomic mass is 35.5. The lowest BCUT2D eigenvalue weighted by Gasteiger charge is -2.23. The summed E-state index contributed by atoms with van der Waals surface area (Å²) in [7, 11) is 0. The normalized spacial score (nSPS) is 15.0. The number of fused-ring (bicyclic) bond motifs is 1. The van der Waals surface area contributed by atoms with E-state index in [2.05, 4.69) is 9.72 Å². The molecule has 3 aromatic rings. The molecule has 2 aromatic carbocycles. The Bertz CT molecular complexity index is 1520. The van der Waals surface area contributed by atoms with Gasteiger partial charge in [-0.25, -0.2) is 0 Å². The Morgan fingerprint density at radius 1 is 1.10 bits per heavy atom. The number of aromatic nitrogens is 1. The Morgan fingerprint density at radius 3 is 2.50 bits per heavy atom. The molecule has 2 heterocycles. The molecule has 1 aliphatic carbocycles. The average Bonchev–Trinajstić information content (AvgIpc) is 3.76. The van der Waals surface area contributed by atoms with E-state index in [4.69, 9.17) is 37.9 Å². The van der Waals surface area contributed by atoms with E-state index in [0.717, 1.165) is 17.7 Å². The summed E-state index contributed by atoms with van der Waals surface area (Å²) in [6.07, 6.45) is 3.54. The van der Waals surface area contributed by atoms with Crippen LogP contribution in [0.15, 0.2) is 48.8 Å². The number of esters is 1. The van der Waals surface area contributed by atoms with E-state index in [9.17, 15) is 23.2 Å². The number of halogens is 4. The van der Waals surface area contributed by atoms with Crippen molar-refractivity contribution in [3.05, 3.63) is 75.5 Å². The third-order valence-electron chi connectivity index (χ3n) is 6.73. The molecule has 1 aromatic heterocycles. The number of hydrogen-bond donors (Lipinski definition) is 2. The highest BCUT2D eigenvalue weighted by molar-refractivity contribution is 6.52. The summed E-state index contributed by atoms with van der Waals surface area (Å²) in [5.74, 6) is -2.52. The average molecular weight is 622 g/mol. The van der Waals surface area contributed by atoms with Gasteiger partial charge in [-0.05, 0) is 60.2 Å². The number of rotatable bonds is 12. The van der Waals surface area contributed by atoms with E-state index in [0.29, 0.717) is 23.7 Å². The predicted molar refractivity (Wildman–Crippen MR) is 147 cm³/mol. The topological polar surface area (TPSA) is 127 Å². The Morgan fingerprint density at radius 2 is 1.83 bits per heavy atom. The van der Waals surface area contributed by atoms with Crippen molar-refractivity contribution >= 4 is 52.2 Å². The first kappa shape index (κ1) is 29.5. The molecular formula is C28H23Cl2F2N3O7. The Balaban J connectivity index is 1.44. The number of amides is 1. The molecule has 0 spiro atoms. The second kappa shape index (κ2) is 12.5. The number of nitrogens with one attached hydrogen (secondary N) is 1. The van der Waals surface area contributed by atoms with Crippen LogP contribution in [0.4, 0.5) is 20.2 Å². The SMILES string of the molecule is O=C(CN1C(=O)C(=O)c2cc(NO)ccc21)O[C@@H](Cc1c(Cl)cncc1Cl)c1ccc(OC(F)F)c(OCC2CC2)c1. The zero-order valence-corrected chi connectivity index (χ0v) is 23.2. The number of anilines is 2. The van der Waals surface area contributed by atoms with Crippen molar-refractivity contribution < 1.29 is 42.6 Å². The van der Waals surface area contributed by atoms with Gasteiger partial charge in [-0.15, -0.1) is 0 Å². The van der Waals surface area contributed by atoms with Gasteiger partial charge >= 0.3 is 12.6 Å².